The van der Waals surface area contributed by atoms with E-state index < -0.39 is 0 Å². The van der Waals surface area contributed by atoms with Crippen molar-refractivity contribution in [3.63, 3.8) is 0 Å². The fourth-order valence-electron chi connectivity index (χ4n) is 2.63. The maximum absolute atomic E-state index is 12.2. The first kappa shape index (κ1) is 13.9. The SMILES string of the molecule is Cc1ccc(C)c(-n2nc(C)cc2NC(=O)[C@@H]2C[C@H]2C)c1. The molecule has 1 N–H and O–H groups in total. The van der Waals surface area contributed by atoms with E-state index in [1.165, 1.54) is 5.56 Å². The van der Waals surface area contributed by atoms with Gasteiger partial charge in [0.1, 0.15) is 5.82 Å². The molecule has 1 amide bonds. The first-order valence-corrected chi connectivity index (χ1v) is 7.41. The molecule has 0 bridgehead atoms. The second-order valence-corrected chi connectivity index (χ2v) is 6.18. The van der Waals surface area contributed by atoms with Gasteiger partial charge in [-0.15, -0.1) is 0 Å². The molecule has 4 nitrogen and oxygen atoms in total. The van der Waals surface area contributed by atoms with Crippen molar-refractivity contribution < 1.29 is 4.79 Å². The first-order valence-electron chi connectivity index (χ1n) is 7.41. The maximum Gasteiger partial charge on any atom is 0.228 e. The molecule has 1 heterocycles. The molecule has 3 rings (SSSR count). The number of amides is 1. The van der Waals surface area contributed by atoms with Gasteiger partial charge in [0, 0.05) is 12.0 Å². The minimum absolute atomic E-state index is 0.106. The summed E-state index contributed by atoms with van der Waals surface area (Å²) in [5.41, 5.74) is 4.23. The Morgan fingerprint density at radius 1 is 1.29 bits per heavy atom. The van der Waals surface area contributed by atoms with Crippen LogP contribution in [0.15, 0.2) is 24.3 Å². The molecule has 1 aromatic heterocycles. The zero-order valence-electron chi connectivity index (χ0n) is 13.0. The summed E-state index contributed by atoms with van der Waals surface area (Å²) in [7, 11) is 0. The third-order valence-corrected chi connectivity index (χ3v) is 4.12. The van der Waals surface area contributed by atoms with Crippen LogP contribution >= 0.6 is 0 Å². The number of rotatable bonds is 3. The van der Waals surface area contributed by atoms with Gasteiger partial charge in [-0.2, -0.15) is 5.10 Å². The van der Waals surface area contributed by atoms with E-state index in [0.29, 0.717) is 5.92 Å². The Morgan fingerprint density at radius 2 is 2.00 bits per heavy atom. The zero-order valence-corrected chi connectivity index (χ0v) is 13.0. The Morgan fingerprint density at radius 3 is 2.67 bits per heavy atom. The molecule has 1 aliphatic rings. The number of aryl methyl sites for hydroxylation is 3. The number of nitrogens with one attached hydrogen (secondary N) is 1. The van der Waals surface area contributed by atoms with Gasteiger partial charge >= 0.3 is 0 Å². The van der Waals surface area contributed by atoms with Crippen molar-refractivity contribution in [1.82, 2.24) is 9.78 Å². The molecule has 1 saturated carbocycles. The van der Waals surface area contributed by atoms with E-state index in [-0.39, 0.29) is 11.8 Å². The largest absolute Gasteiger partial charge is 0.310 e. The molecule has 110 valence electrons. The van der Waals surface area contributed by atoms with E-state index in [0.717, 1.165) is 29.2 Å². The van der Waals surface area contributed by atoms with E-state index in [2.05, 4.69) is 49.4 Å². The minimum Gasteiger partial charge on any atom is -0.310 e. The minimum atomic E-state index is 0.106. The Bertz CT molecular complexity index is 702. The Balaban J connectivity index is 1.95. The maximum atomic E-state index is 12.2. The quantitative estimate of drug-likeness (QED) is 0.938. The predicted octanol–water partition coefficient (Wildman–Crippen LogP) is 3.39. The van der Waals surface area contributed by atoms with Crippen LogP contribution in [-0.4, -0.2) is 15.7 Å². The molecule has 0 unspecified atom stereocenters. The monoisotopic (exact) mass is 283 g/mol. The van der Waals surface area contributed by atoms with Crippen molar-refractivity contribution >= 4 is 11.7 Å². The van der Waals surface area contributed by atoms with Gasteiger partial charge in [-0.25, -0.2) is 4.68 Å². The Labute approximate surface area is 125 Å². The van der Waals surface area contributed by atoms with Gasteiger partial charge in [0.2, 0.25) is 5.91 Å². The summed E-state index contributed by atoms with van der Waals surface area (Å²) in [5.74, 6) is 1.52. The van der Waals surface area contributed by atoms with Crippen molar-refractivity contribution in [2.24, 2.45) is 11.8 Å². The molecule has 0 spiro atoms. The van der Waals surface area contributed by atoms with Crippen molar-refractivity contribution in [2.75, 3.05) is 5.32 Å². The van der Waals surface area contributed by atoms with Crippen LogP contribution < -0.4 is 5.32 Å². The van der Waals surface area contributed by atoms with Crippen LogP contribution in [0.4, 0.5) is 5.82 Å². The summed E-state index contributed by atoms with van der Waals surface area (Å²) < 4.78 is 1.84. The predicted molar refractivity (Wildman–Crippen MR) is 83.7 cm³/mol. The van der Waals surface area contributed by atoms with Gasteiger partial charge < -0.3 is 5.32 Å². The third kappa shape index (κ3) is 2.71. The average Bonchev–Trinajstić information content (AvgIpc) is 3.05. The van der Waals surface area contributed by atoms with Gasteiger partial charge in [-0.3, -0.25) is 4.79 Å². The molecule has 2 atom stereocenters. The lowest BCUT2D eigenvalue weighted by molar-refractivity contribution is -0.117. The highest BCUT2D eigenvalue weighted by molar-refractivity contribution is 5.94. The smallest absolute Gasteiger partial charge is 0.228 e. The highest BCUT2D eigenvalue weighted by Crippen LogP contribution is 2.38. The van der Waals surface area contributed by atoms with E-state index in [1.54, 1.807) is 0 Å². The lowest BCUT2D eigenvalue weighted by Gasteiger charge is -2.12. The van der Waals surface area contributed by atoms with E-state index in [1.807, 2.05) is 17.7 Å². The topological polar surface area (TPSA) is 46.9 Å². The van der Waals surface area contributed by atoms with Crippen LogP contribution in [0.5, 0.6) is 0 Å². The number of carbonyl (C=O) groups is 1. The number of aromatic nitrogens is 2. The van der Waals surface area contributed by atoms with Crippen molar-refractivity contribution in [1.29, 1.82) is 0 Å². The molecular formula is C17H21N3O. The standard InChI is InChI=1S/C17H21N3O/c1-10-5-6-11(2)15(7-10)20-16(9-13(4)19-20)18-17(21)14-8-12(14)3/h5-7,9,12,14H,8H2,1-4H3,(H,18,21)/t12-,14-/m1/s1. The summed E-state index contributed by atoms with van der Waals surface area (Å²) in [4.78, 5) is 12.2. The molecule has 1 aromatic carbocycles. The number of anilines is 1. The van der Waals surface area contributed by atoms with Gasteiger partial charge in [-0.05, 0) is 50.3 Å². The molecule has 1 aliphatic carbocycles. The van der Waals surface area contributed by atoms with E-state index >= 15 is 0 Å². The number of hydrogen-bond donors (Lipinski definition) is 1. The lowest BCUT2D eigenvalue weighted by Crippen LogP contribution is -2.17. The number of carbonyl (C=O) groups excluding carboxylic acids is 1. The Hall–Kier alpha value is -2.10. The number of nitrogens with zero attached hydrogens (tertiary/aromatic N) is 2. The van der Waals surface area contributed by atoms with Crippen molar-refractivity contribution in [2.45, 2.75) is 34.1 Å². The normalized spacial score (nSPS) is 20.4. The molecule has 4 heteroatoms. The van der Waals surface area contributed by atoms with Gasteiger partial charge in [0.15, 0.2) is 0 Å². The van der Waals surface area contributed by atoms with Crippen LogP contribution in [-0.2, 0) is 4.79 Å². The van der Waals surface area contributed by atoms with Crippen LogP contribution in [0.3, 0.4) is 0 Å². The highest BCUT2D eigenvalue weighted by Gasteiger charge is 2.39. The molecule has 0 radical (unpaired) electrons. The second kappa shape index (κ2) is 5.02. The summed E-state index contributed by atoms with van der Waals surface area (Å²) in [6, 6.07) is 8.18. The summed E-state index contributed by atoms with van der Waals surface area (Å²) in [6.07, 6.45) is 0.989. The summed E-state index contributed by atoms with van der Waals surface area (Å²) in [6.45, 7) is 8.16. The van der Waals surface area contributed by atoms with Gasteiger partial charge in [0.25, 0.3) is 0 Å². The number of benzene rings is 1. The van der Waals surface area contributed by atoms with Crippen LogP contribution in [0, 0.1) is 32.6 Å². The van der Waals surface area contributed by atoms with Gasteiger partial charge in [-0.1, -0.05) is 19.1 Å². The van der Waals surface area contributed by atoms with Crippen molar-refractivity contribution in [3.05, 3.63) is 41.1 Å². The van der Waals surface area contributed by atoms with Crippen LogP contribution in [0.2, 0.25) is 0 Å². The first-order chi connectivity index (χ1) is 9.95. The molecule has 21 heavy (non-hydrogen) atoms. The fraction of sp³-hybridized carbons (Fsp3) is 0.412. The third-order valence-electron chi connectivity index (χ3n) is 4.12. The Kier molecular flexibility index (Phi) is 3.32. The van der Waals surface area contributed by atoms with Crippen LogP contribution in [0.25, 0.3) is 5.69 Å². The molecule has 2 aromatic rings. The fourth-order valence-corrected chi connectivity index (χ4v) is 2.63. The molecule has 0 saturated heterocycles. The van der Waals surface area contributed by atoms with Gasteiger partial charge in [0.05, 0.1) is 11.4 Å². The molecular weight excluding hydrogens is 262 g/mol. The van der Waals surface area contributed by atoms with Crippen molar-refractivity contribution in [3.8, 4) is 5.69 Å². The lowest BCUT2D eigenvalue weighted by atomic mass is 10.1. The molecule has 0 aliphatic heterocycles. The second-order valence-electron chi connectivity index (χ2n) is 6.18. The van der Waals surface area contributed by atoms with E-state index in [4.69, 9.17) is 0 Å². The summed E-state index contributed by atoms with van der Waals surface area (Å²) in [5, 5.41) is 7.57. The van der Waals surface area contributed by atoms with Crippen LogP contribution in [0.1, 0.15) is 30.2 Å². The average molecular weight is 283 g/mol. The van der Waals surface area contributed by atoms with E-state index in [9.17, 15) is 4.79 Å². The zero-order chi connectivity index (χ0) is 15.1. The summed E-state index contributed by atoms with van der Waals surface area (Å²) >= 11 is 0. The molecule has 1 fully saturated rings. The number of hydrogen-bond acceptors (Lipinski definition) is 2. The highest BCUT2D eigenvalue weighted by atomic mass is 16.2.